The molecule has 0 fully saturated rings. The molecule has 0 saturated heterocycles. The fourth-order valence-corrected chi connectivity index (χ4v) is 2.24. The second-order valence-electron chi connectivity index (χ2n) is 6.10. The van der Waals surface area contributed by atoms with Crippen LogP contribution in [0.15, 0.2) is 67.0 Å². The van der Waals surface area contributed by atoms with E-state index in [4.69, 9.17) is 4.74 Å². The molecule has 0 bridgehead atoms. The number of para-hydroxylation sites is 3. The fourth-order valence-electron chi connectivity index (χ4n) is 2.24. The zero-order valence-corrected chi connectivity index (χ0v) is 14.4. The zero-order valence-electron chi connectivity index (χ0n) is 14.4. The SMILES string of the molecule is CC(C)CNc1cc(Nc2ccccc2Oc2ccccc2)ncn1. The highest BCUT2D eigenvalue weighted by Gasteiger charge is 2.06. The van der Waals surface area contributed by atoms with E-state index in [0.29, 0.717) is 11.7 Å². The van der Waals surface area contributed by atoms with Gasteiger partial charge in [-0.2, -0.15) is 0 Å². The molecule has 2 N–H and O–H groups in total. The lowest BCUT2D eigenvalue weighted by Gasteiger charge is -2.13. The van der Waals surface area contributed by atoms with Crippen molar-refractivity contribution in [2.45, 2.75) is 13.8 Å². The Balaban J connectivity index is 1.76. The molecule has 25 heavy (non-hydrogen) atoms. The first kappa shape index (κ1) is 16.8. The van der Waals surface area contributed by atoms with Crippen molar-refractivity contribution in [3.05, 3.63) is 67.0 Å². The maximum absolute atomic E-state index is 5.97. The summed E-state index contributed by atoms with van der Waals surface area (Å²) in [4.78, 5) is 8.54. The van der Waals surface area contributed by atoms with E-state index >= 15 is 0 Å². The van der Waals surface area contributed by atoms with Crippen LogP contribution in [0.4, 0.5) is 17.3 Å². The molecule has 0 aliphatic rings. The van der Waals surface area contributed by atoms with Crippen LogP contribution in [0.1, 0.15) is 13.8 Å². The summed E-state index contributed by atoms with van der Waals surface area (Å²) in [5.74, 6) is 3.59. The van der Waals surface area contributed by atoms with Crippen LogP contribution in [-0.4, -0.2) is 16.5 Å². The molecule has 0 aliphatic heterocycles. The molecule has 0 spiro atoms. The van der Waals surface area contributed by atoms with E-state index in [0.717, 1.165) is 29.5 Å². The van der Waals surface area contributed by atoms with E-state index in [1.54, 1.807) is 6.33 Å². The molecule has 1 aromatic heterocycles. The highest BCUT2D eigenvalue weighted by Crippen LogP contribution is 2.31. The number of hydrogen-bond donors (Lipinski definition) is 2. The predicted molar refractivity (Wildman–Crippen MR) is 102 cm³/mol. The van der Waals surface area contributed by atoms with Crippen LogP contribution in [-0.2, 0) is 0 Å². The third-order valence-corrected chi connectivity index (χ3v) is 3.48. The van der Waals surface area contributed by atoms with Gasteiger partial charge in [-0.25, -0.2) is 9.97 Å². The summed E-state index contributed by atoms with van der Waals surface area (Å²) in [7, 11) is 0. The van der Waals surface area contributed by atoms with Crippen molar-refractivity contribution >= 4 is 17.3 Å². The van der Waals surface area contributed by atoms with Crippen LogP contribution >= 0.6 is 0 Å². The molecule has 5 heteroatoms. The lowest BCUT2D eigenvalue weighted by molar-refractivity contribution is 0.485. The first-order valence-corrected chi connectivity index (χ1v) is 8.35. The van der Waals surface area contributed by atoms with Gasteiger partial charge in [-0.15, -0.1) is 0 Å². The number of rotatable bonds is 7. The van der Waals surface area contributed by atoms with Gasteiger partial charge < -0.3 is 15.4 Å². The lowest BCUT2D eigenvalue weighted by atomic mass is 10.2. The highest BCUT2D eigenvalue weighted by atomic mass is 16.5. The second kappa shape index (κ2) is 8.15. The summed E-state index contributed by atoms with van der Waals surface area (Å²) in [6.07, 6.45) is 1.55. The molecule has 0 radical (unpaired) electrons. The van der Waals surface area contributed by atoms with E-state index in [-0.39, 0.29) is 0 Å². The Hall–Kier alpha value is -3.08. The summed E-state index contributed by atoms with van der Waals surface area (Å²) >= 11 is 0. The molecule has 0 aliphatic carbocycles. The molecule has 0 unspecified atom stereocenters. The standard InChI is InChI=1S/C20H22N4O/c1-15(2)13-21-19-12-20(23-14-22-19)24-17-10-6-7-11-18(17)25-16-8-4-3-5-9-16/h3-12,14-15H,13H2,1-2H3,(H2,21,22,23,24). The van der Waals surface area contributed by atoms with Gasteiger partial charge in [-0.3, -0.25) is 0 Å². The minimum atomic E-state index is 0.548. The number of anilines is 3. The molecule has 5 nitrogen and oxygen atoms in total. The van der Waals surface area contributed by atoms with Crippen molar-refractivity contribution in [3.63, 3.8) is 0 Å². The average Bonchev–Trinajstić information content (AvgIpc) is 2.63. The van der Waals surface area contributed by atoms with Crippen LogP contribution in [0.25, 0.3) is 0 Å². The number of nitrogens with zero attached hydrogens (tertiary/aromatic N) is 2. The molecular formula is C20H22N4O. The van der Waals surface area contributed by atoms with Crippen LogP contribution in [0.3, 0.4) is 0 Å². The van der Waals surface area contributed by atoms with Crippen molar-refractivity contribution in [3.8, 4) is 11.5 Å². The number of nitrogens with one attached hydrogen (secondary N) is 2. The fraction of sp³-hybridized carbons (Fsp3) is 0.200. The van der Waals surface area contributed by atoms with Crippen LogP contribution in [0.2, 0.25) is 0 Å². The Morgan fingerprint density at radius 1 is 0.920 bits per heavy atom. The van der Waals surface area contributed by atoms with Crippen LogP contribution in [0.5, 0.6) is 11.5 Å². The minimum absolute atomic E-state index is 0.548. The quantitative estimate of drug-likeness (QED) is 0.631. The molecule has 2 aromatic carbocycles. The first-order chi connectivity index (χ1) is 12.2. The van der Waals surface area contributed by atoms with Crippen LogP contribution in [0, 0.1) is 5.92 Å². The van der Waals surface area contributed by atoms with Gasteiger partial charge >= 0.3 is 0 Å². The van der Waals surface area contributed by atoms with E-state index in [1.165, 1.54) is 0 Å². The Kier molecular flexibility index (Phi) is 5.46. The Morgan fingerprint density at radius 2 is 1.64 bits per heavy atom. The number of hydrogen-bond acceptors (Lipinski definition) is 5. The molecule has 0 amide bonds. The van der Waals surface area contributed by atoms with E-state index in [1.807, 2.05) is 60.7 Å². The van der Waals surface area contributed by atoms with Gasteiger partial charge in [0, 0.05) is 12.6 Å². The van der Waals surface area contributed by atoms with Crippen molar-refractivity contribution < 1.29 is 4.74 Å². The van der Waals surface area contributed by atoms with Crippen LogP contribution < -0.4 is 15.4 Å². The molecule has 128 valence electrons. The van der Waals surface area contributed by atoms with Gasteiger partial charge in [-0.1, -0.05) is 44.2 Å². The van der Waals surface area contributed by atoms with Crippen molar-refractivity contribution in [2.24, 2.45) is 5.92 Å². The van der Waals surface area contributed by atoms with Gasteiger partial charge in [0.1, 0.15) is 23.7 Å². The maximum atomic E-state index is 5.97. The number of ether oxygens (including phenoxy) is 1. The smallest absolute Gasteiger partial charge is 0.150 e. The van der Waals surface area contributed by atoms with Gasteiger partial charge in [0.05, 0.1) is 5.69 Å². The highest BCUT2D eigenvalue weighted by molar-refractivity contribution is 5.66. The van der Waals surface area contributed by atoms with Gasteiger partial charge in [0.25, 0.3) is 0 Å². The normalized spacial score (nSPS) is 10.5. The van der Waals surface area contributed by atoms with Gasteiger partial charge in [0.2, 0.25) is 0 Å². The summed E-state index contributed by atoms with van der Waals surface area (Å²) in [6.45, 7) is 5.18. The third kappa shape index (κ3) is 4.94. The molecule has 3 rings (SSSR count). The minimum Gasteiger partial charge on any atom is -0.455 e. The van der Waals surface area contributed by atoms with E-state index in [2.05, 4.69) is 34.4 Å². The number of aromatic nitrogens is 2. The molecule has 3 aromatic rings. The first-order valence-electron chi connectivity index (χ1n) is 8.35. The number of benzene rings is 2. The van der Waals surface area contributed by atoms with Crippen molar-refractivity contribution in [1.82, 2.24) is 9.97 Å². The van der Waals surface area contributed by atoms with Gasteiger partial charge in [-0.05, 0) is 30.2 Å². The molecule has 0 saturated carbocycles. The maximum Gasteiger partial charge on any atom is 0.150 e. The predicted octanol–water partition coefficient (Wildman–Crippen LogP) is 5.08. The lowest BCUT2D eigenvalue weighted by Crippen LogP contribution is -2.09. The monoisotopic (exact) mass is 334 g/mol. The average molecular weight is 334 g/mol. The van der Waals surface area contributed by atoms with E-state index in [9.17, 15) is 0 Å². The topological polar surface area (TPSA) is 59.1 Å². The van der Waals surface area contributed by atoms with Crippen molar-refractivity contribution in [1.29, 1.82) is 0 Å². The third-order valence-electron chi connectivity index (χ3n) is 3.48. The second-order valence-corrected chi connectivity index (χ2v) is 6.10. The molecular weight excluding hydrogens is 312 g/mol. The Labute approximate surface area is 148 Å². The zero-order chi connectivity index (χ0) is 17.5. The summed E-state index contributed by atoms with van der Waals surface area (Å²) < 4.78 is 5.97. The summed E-state index contributed by atoms with van der Waals surface area (Å²) in [5, 5.41) is 6.61. The Morgan fingerprint density at radius 3 is 2.44 bits per heavy atom. The Bertz CT molecular complexity index is 806. The van der Waals surface area contributed by atoms with E-state index < -0.39 is 0 Å². The largest absolute Gasteiger partial charge is 0.455 e. The molecule has 0 atom stereocenters. The van der Waals surface area contributed by atoms with Crippen molar-refractivity contribution in [2.75, 3.05) is 17.2 Å². The van der Waals surface area contributed by atoms with Gasteiger partial charge in [0.15, 0.2) is 5.75 Å². The summed E-state index contributed by atoms with van der Waals surface area (Å²) in [5.41, 5.74) is 0.847. The summed E-state index contributed by atoms with van der Waals surface area (Å²) in [6, 6.07) is 19.4. The molecule has 1 heterocycles.